The van der Waals surface area contributed by atoms with E-state index in [9.17, 15) is 14.9 Å². The highest BCUT2D eigenvalue weighted by Gasteiger charge is 2.17. The first-order valence-electron chi connectivity index (χ1n) is 6.70. The van der Waals surface area contributed by atoms with Crippen LogP contribution in [0.4, 0.5) is 11.4 Å². The fourth-order valence-electron chi connectivity index (χ4n) is 1.99. The summed E-state index contributed by atoms with van der Waals surface area (Å²) in [6.07, 6.45) is 0. The number of benzene rings is 1. The lowest BCUT2D eigenvalue weighted by atomic mass is 10.2. The second-order valence-electron chi connectivity index (χ2n) is 4.65. The third-order valence-electron chi connectivity index (χ3n) is 3.15. The van der Waals surface area contributed by atoms with Crippen LogP contribution in [0.15, 0.2) is 40.4 Å². The lowest BCUT2D eigenvalue weighted by Crippen LogP contribution is -2.13. The number of aromatic nitrogens is 1. The molecule has 2 heterocycles. The Morgan fingerprint density at radius 2 is 2.17 bits per heavy atom. The molecular formula is C15H11N3O4S2. The molecular weight excluding hydrogens is 350 g/mol. The van der Waals surface area contributed by atoms with E-state index in [0.29, 0.717) is 5.75 Å². The summed E-state index contributed by atoms with van der Waals surface area (Å²) in [6.45, 7) is 0. The van der Waals surface area contributed by atoms with Gasteiger partial charge in [-0.3, -0.25) is 14.9 Å². The van der Waals surface area contributed by atoms with Crippen LogP contribution in [0, 0.1) is 10.1 Å². The zero-order valence-electron chi connectivity index (χ0n) is 12.4. The minimum absolute atomic E-state index is 0.136. The lowest BCUT2D eigenvalue weighted by Gasteiger charge is -2.08. The number of anilines is 1. The van der Waals surface area contributed by atoms with E-state index in [2.05, 4.69) is 10.3 Å². The van der Waals surface area contributed by atoms with Crippen molar-refractivity contribution in [1.29, 1.82) is 0 Å². The van der Waals surface area contributed by atoms with Crippen LogP contribution >= 0.6 is 22.7 Å². The van der Waals surface area contributed by atoms with Crippen LogP contribution in [0.25, 0.3) is 10.6 Å². The van der Waals surface area contributed by atoms with E-state index in [1.165, 1.54) is 36.6 Å². The quantitative estimate of drug-likeness (QED) is 0.547. The molecule has 1 amide bonds. The number of nitro groups is 1. The van der Waals surface area contributed by atoms with Gasteiger partial charge in [-0.25, -0.2) is 4.98 Å². The van der Waals surface area contributed by atoms with Gasteiger partial charge in [-0.15, -0.1) is 11.3 Å². The number of hydrogen-bond acceptors (Lipinski definition) is 7. The molecule has 0 saturated carbocycles. The molecule has 3 aromatic rings. The second-order valence-corrected chi connectivity index (χ2v) is 6.28. The van der Waals surface area contributed by atoms with Gasteiger partial charge in [-0.2, -0.15) is 11.3 Å². The smallest absolute Gasteiger partial charge is 0.275 e. The number of carbonyl (C=O) groups excluding carboxylic acids is 1. The number of rotatable bonds is 5. The highest BCUT2D eigenvalue weighted by molar-refractivity contribution is 7.14. The van der Waals surface area contributed by atoms with E-state index in [1.807, 2.05) is 16.8 Å². The molecule has 0 aliphatic carbocycles. The van der Waals surface area contributed by atoms with Gasteiger partial charge in [0.2, 0.25) is 0 Å². The van der Waals surface area contributed by atoms with E-state index in [-0.39, 0.29) is 17.1 Å². The number of nitrogens with one attached hydrogen (secondary N) is 1. The average molecular weight is 361 g/mol. The monoisotopic (exact) mass is 361 g/mol. The number of amides is 1. The van der Waals surface area contributed by atoms with Crippen molar-refractivity contribution in [3.63, 3.8) is 0 Å². The number of nitro benzene ring substituents is 1. The highest BCUT2D eigenvalue weighted by Crippen LogP contribution is 2.30. The maximum Gasteiger partial charge on any atom is 0.275 e. The molecule has 1 aromatic carbocycles. The number of methoxy groups -OCH3 is 1. The minimum Gasteiger partial charge on any atom is -0.495 e. The molecule has 0 atom stereocenters. The summed E-state index contributed by atoms with van der Waals surface area (Å²) in [5, 5.41) is 19.8. The number of carbonyl (C=O) groups is 1. The molecule has 1 N–H and O–H groups in total. The van der Waals surface area contributed by atoms with Gasteiger partial charge in [0.25, 0.3) is 11.6 Å². The Hall–Kier alpha value is -2.78. The highest BCUT2D eigenvalue weighted by atomic mass is 32.1. The van der Waals surface area contributed by atoms with Crippen molar-refractivity contribution in [3.8, 4) is 16.3 Å². The molecule has 0 unspecified atom stereocenters. The maximum atomic E-state index is 12.4. The predicted octanol–water partition coefficient (Wildman–Crippen LogP) is 4.04. The summed E-state index contributed by atoms with van der Waals surface area (Å²) in [7, 11) is 1.42. The Labute approximate surface area is 144 Å². The Kier molecular flexibility index (Phi) is 4.54. The zero-order chi connectivity index (χ0) is 17.1. The molecule has 0 fully saturated rings. The van der Waals surface area contributed by atoms with Crippen molar-refractivity contribution in [2.45, 2.75) is 0 Å². The predicted molar refractivity (Wildman–Crippen MR) is 93.0 cm³/mol. The van der Waals surface area contributed by atoms with Gasteiger partial charge >= 0.3 is 0 Å². The topological polar surface area (TPSA) is 94.4 Å². The standard InChI is InChI=1S/C15H11N3O4S2/c1-22-13-3-2-10(18(20)21)6-11(13)16-14(19)12-8-24-15(17-12)9-4-5-23-7-9/h2-8H,1H3,(H,16,19). The molecule has 0 aliphatic rings. The summed E-state index contributed by atoms with van der Waals surface area (Å²) in [4.78, 5) is 27.0. The third-order valence-corrected chi connectivity index (χ3v) is 4.72. The number of thiophene rings is 1. The molecule has 0 radical (unpaired) electrons. The number of hydrogen-bond donors (Lipinski definition) is 1. The number of thiazole rings is 1. The van der Waals surface area contributed by atoms with E-state index in [0.717, 1.165) is 10.6 Å². The largest absolute Gasteiger partial charge is 0.495 e. The van der Waals surface area contributed by atoms with Gasteiger partial charge in [0.05, 0.1) is 17.7 Å². The molecule has 0 saturated heterocycles. The first-order chi connectivity index (χ1) is 11.6. The molecule has 122 valence electrons. The van der Waals surface area contributed by atoms with Gasteiger partial charge in [-0.1, -0.05) is 0 Å². The average Bonchev–Trinajstić information content (AvgIpc) is 3.25. The molecule has 9 heteroatoms. The lowest BCUT2D eigenvalue weighted by molar-refractivity contribution is -0.384. The summed E-state index contributed by atoms with van der Waals surface area (Å²) >= 11 is 2.91. The Bertz CT molecular complexity index is 890. The number of non-ortho nitro benzene ring substituents is 1. The van der Waals surface area contributed by atoms with E-state index >= 15 is 0 Å². The Balaban J connectivity index is 1.84. The Morgan fingerprint density at radius 1 is 1.33 bits per heavy atom. The molecule has 0 aliphatic heterocycles. The van der Waals surface area contributed by atoms with Crippen molar-refractivity contribution in [3.05, 3.63) is 56.2 Å². The third kappa shape index (κ3) is 3.26. The van der Waals surface area contributed by atoms with Crippen molar-refractivity contribution in [1.82, 2.24) is 4.98 Å². The van der Waals surface area contributed by atoms with Crippen LogP contribution in [0.5, 0.6) is 5.75 Å². The molecule has 0 spiro atoms. The number of ether oxygens (including phenoxy) is 1. The van der Waals surface area contributed by atoms with Crippen LogP contribution in [0.3, 0.4) is 0 Å². The maximum absolute atomic E-state index is 12.4. The first kappa shape index (κ1) is 16.1. The molecule has 3 rings (SSSR count). The fraction of sp³-hybridized carbons (Fsp3) is 0.0667. The van der Waals surface area contributed by atoms with Crippen LogP contribution in [-0.2, 0) is 0 Å². The van der Waals surface area contributed by atoms with E-state index in [1.54, 1.807) is 16.7 Å². The van der Waals surface area contributed by atoms with E-state index < -0.39 is 10.8 Å². The van der Waals surface area contributed by atoms with Crippen molar-refractivity contribution in [2.75, 3.05) is 12.4 Å². The van der Waals surface area contributed by atoms with Gasteiger partial charge in [-0.05, 0) is 17.5 Å². The Morgan fingerprint density at radius 3 is 2.83 bits per heavy atom. The number of nitrogens with zero attached hydrogens (tertiary/aromatic N) is 2. The molecule has 24 heavy (non-hydrogen) atoms. The first-order valence-corrected chi connectivity index (χ1v) is 8.52. The normalized spacial score (nSPS) is 10.4. The van der Waals surface area contributed by atoms with Crippen LogP contribution in [0.2, 0.25) is 0 Å². The zero-order valence-corrected chi connectivity index (χ0v) is 14.0. The SMILES string of the molecule is COc1ccc([N+](=O)[O-])cc1NC(=O)c1csc(-c2ccsc2)n1. The summed E-state index contributed by atoms with van der Waals surface area (Å²) in [6, 6.07) is 5.93. The van der Waals surface area contributed by atoms with Crippen molar-refractivity contribution >= 4 is 40.0 Å². The summed E-state index contributed by atoms with van der Waals surface area (Å²) in [5.41, 5.74) is 1.29. The summed E-state index contributed by atoms with van der Waals surface area (Å²) < 4.78 is 5.13. The van der Waals surface area contributed by atoms with Crippen LogP contribution in [-0.4, -0.2) is 22.9 Å². The van der Waals surface area contributed by atoms with Gasteiger partial charge in [0.15, 0.2) is 0 Å². The molecule has 7 nitrogen and oxygen atoms in total. The minimum atomic E-state index is -0.535. The van der Waals surface area contributed by atoms with Crippen LogP contribution in [0.1, 0.15) is 10.5 Å². The molecule has 0 bridgehead atoms. The van der Waals surface area contributed by atoms with Gasteiger partial charge < -0.3 is 10.1 Å². The second kappa shape index (κ2) is 6.77. The van der Waals surface area contributed by atoms with Crippen molar-refractivity contribution < 1.29 is 14.5 Å². The van der Waals surface area contributed by atoms with Gasteiger partial charge in [0.1, 0.15) is 16.5 Å². The molecule has 2 aromatic heterocycles. The van der Waals surface area contributed by atoms with Gasteiger partial charge in [0, 0.05) is 28.5 Å². The fourth-order valence-corrected chi connectivity index (χ4v) is 3.50. The van der Waals surface area contributed by atoms with Crippen molar-refractivity contribution in [2.24, 2.45) is 0 Å². The van der Waals surface area contributed by atoms with Crippen LogP contribution < -0.4 is 10.1 Å². The van der Waals surface area contributed by atoms with E-state index in [4.69, 9.17) is 4.74 Å². The summed E-state index contributed by atoms with van der Waals surface area (Å²) in [5.74, 6) is -0.117.